The zero-order valence-corrected chi connectivity index (χ0v) is 15.3. The molecular formula is C17H26N4O5. The van der Waals surface area contributed by atoms with Gasteiger partial charge in [0.15, 0.2) is 0 Å². The lowest BCUT2D eigenvalue weighted by Crippen LogP contribution is -2.53. The van der Waals surface area contributed by atoms with Crippen LogP contribution in [0.2, 0.25) is 0 Å². The molecule has 1 aromatic rings. The second kappa shape index (κ2) is 7.34. The Bertz CT molecular complexity index is 795. The van der Waals surface area contributed by atoms with Gasteiger partial charge in [-0.25, -0.2) is 4.79 Å². The second-order valence-corrected chi connectivity index (χ2v) is 7.26. The van der Waals surface area contributed by atoms with E-state index in [1.807, 2.05) is 0 Å². The minimum atomic E-state index is -1.17. The number of β-amino-alcohol motifs (C(OH)–C–C–N with tert-alkyl or cyclic N) is 1. The lowest BCUT2D eigenvalue weighted by molar-refractivity contribution is -0.0525. The number of likely N-dealkylation sites (tertiary alicyclic amines) is 1. The van der Waals surface area contributed by atoms with E-state index in [4.69, 9.17) is 4.74 Å². The smallest absolute Gasteiger partial charge is 0.331 e. The van der Waals surface area contributed by atoms with E-state index in [2.05, 4.69) is 4.90 Å². The van der Waals surface area contributed by atoms with Crippen LogP contribution < -0.4 is 11.2 Å². The topological polar surface area (TPSA) is 97.0 Å². The predicted molar refractivity (Wildman–Crippen MR) is 94.3 cm³/mol. The summed E-state index contributed by atoms with van der Waals surface area (Å²) in [6, 6.07) is 1.16. The summed E-state index contributed by atoms with van der Waals surface area (Å²) in [6.45, 7) is 3.15. The number of aromatic nitrogens is 2. The van der Waals surface area contributed by atoms with Crippen molar-refractivity contribution < 1.29 is 14.6 Å². The normalized spacial score (nSPS) is 24.7. The maximum Gasteiger partial charge on any atom is 0.331 e. The molecule has 1 atom stereocenters. The molecule has 0 radical (unpaired) electrons. The van der Waals surface area contributed by atoms with Crippen molar-refractivity contribution in [2.24, 2.45) is 14.1 Å². The first-order chi connectivity index (χ1) is 12.3. The van der Waals surface area contributed by atoms with E-state index in [0.29, 0.717) is 19.7 Å². The summed E-state index contributed by atoms with van der Waals surface area (Å²) in [5.41, 5.74) is -2.24. The van der Waals surface area contributed by atoms with Crippen LogP contribution in [0, 0.1) is 0 Å². The van der Waals surface area contributed by atoms with Crippen molar-refractivity contribution in [2.75, 3.05) is 45.9 Å². The van der Waals surface area contributed by atoms with E-state index >= 15 is 0 Å². The Kier molecular flexibility index (Phi) is 5.31. The molecule has 3 rings (SSSR count). The molecule has 9 heteroatoms. The maximum atomic E-state index is 13.0. The fraction of sp³-hybridized carbons (Fsp3) is 0.706. The number of hydrogen-bond donors (Lipinski definition) is 1. The summed E-state index contributed by atoms with van der Waals surface area (Å²) in [5, 5.41) is 11.0. The molecule has 26 heavy (non-hydrogen) atoms. The standard InChI is InChI=1S/C17H26N4O5/c1-18-13(9-14(22)19(2)16(18)24)15(23)21-7-8-26-12-17(25,11-21)10-20-5-3-4-6-20/h9,25H,3-8,10-12H2,1-2H3/t17-/m0/s1. The van der Waals surface area contributed by atoms with Gasteiger partial charge < -0.3 is 19.6 Å². The van der Waals surface area contributed by atoms with Gasteiger partial charge in [-0.2, -0.15) is 0 Å². The molecule has 2 saturated heterocycles. The first-order valence-corrected chi connectivity index (χ1v) is 8.89. The summed E-state index contributed by atoms with van der Waals surface area (Å²) in [4.78, 5) is 40.6. The number of carbonyl (C=O) groups excluding carboxylic acids is 1. The summed E-state index contributed by atoms with van der Waals surface area (Å²) in [7, 11) is 2.83. The van der Waals surface area contributed by atoms with Crippen LogP contribution in [0.3, 0.4) is 0 Å². The van der Waals surface area contributed by atoms with Crippen LogP contribution >= 0.6 is 0 Å². The Morgan fingerprint density at radius 3 is 2.58 bits per heavy atom. The van der Waals surface area contributed by atoms with E-state index in [-0.39, 0.29) is 18.8 Å². The molecule has 1 amide bonds. The average molecular weight is 366 g/mol. The van der Waals surface area contributed by atoms with Gasteiger partial charge in [-0.15, -0.1) is 0 Å². The monoisotopic (exact) mass is 366 g/mol. The molecule has 1 aromatic heterocycles. The summed E-state index contributed by atoms with van der Waals surface area (Å²) in [5.74, 6) is -0.451. The highest BCUT2D eigenvalue weighted by Gasteiger charge is 2.37. The highest BCUT2D eigenvalue weighted by atomic mass is 16.5. The fourth-order valence-corrected chi connectivity index (χ4v) is 3.64. The molecule has 0 aromatic carbocycles. The number of rotatable bonds is 3. The van der Waals surface area contributed by atoms with Crippen LogP contribution in [-0.2, 0) is 18.8 Å². The van der Waals surface area contributed by atoms with E-state index in [9.17, 15) is 19.5 Å². The number of amides is 1. The first-order valence-electron chi connectivity index (χ1n) is 8.89. The molecule has 0 unspecified atom stereocenters. The van der Waals surface area contributed by atoms with Crippen molar-refractivity contribution in [3.05, 3.63) is 32.6 Å². The zero-order chi connectivity index (χ0) is 18.9. The Morgan fingerprint density at radius 1 is 1.19 bits per heavy atom. The number of aliphatic hydroxyl groups is 1. The Morgan fingerprint density at radius 2 is 1.88 bits per heavy atom. The van der Waals surface area contributed by atoms with E-state index < -0.39 is 22.8 Å². The summed E-state index contributed by atoms with van der Waals surface area (Å²) >= 11 is 0. The molecule has 2 aliphatic rings. The van der Waals surface area contributed by atoms with Crippen molar-refractivity contribution in [2.45, 2.75) is 18.4 Å². The van der Waals surface area contributed by atoms with Crippen LogP contribution in [0.4, 0.5) is 0 Å². The quantitative estimate of drug-likeness (QED) is 0.691. The highest BCUT2D eigenvalue weighted by Crippen LogP contribution is 2.19. The Balaban J connectivity index is 1.84. The summed E-state index contributed by atoms with van der Waals surface area (Å²) in [6.07, 6.45) is 2.21. The lowest BCUT2D eigenvalue weighted by Gasteiger charge is -2.34. The van der Waals surface area contributed by atoms with Crippen LogP contribution in [0.5, 0.6) is 0 Å². The molecule has 0 aliphatic carbocycles. The van der Waals surface area contributed by atoms with Gasteiger partial charge in [0.25, 0.3) is 11.5 Å². The molecule has 1 N–H and O–H groups in total. The van der Waals surface area contributed by atoms with Gasteiger partial charge in [-0.3, -0.25) is 18.7 Å². The lowest BCUT2D eigenvalue weighted by atomic mass is 10.0. The van der Waals surface area contributed by atoms with Gasteiger partial charge >= 0.3 is 5.69 Å². The van der Waals surface area contributed by atoms with Gasteiger partial charge in [0.2, 0.25) is 0 Å². The van der Waals surface area contributed by atoms with E-state index in [1.54, 1.807) is 0 Å². The highest BCUT2D eigenvalue weighted by molar-refractivity contribution is 5.92. The van der Waals surface area contributed by atoms with Gasteiger partial charge in [-0.05, 0) is 25.9 Å². The molecule has 2 fully saturated rings. The molecular weight excluding hydrogens is 340 g/mol. The largest absolute Gasteiger partial charge is 0.384 e. The van der Waals surface area contributed by atoms with Crippen molar-refractivity contribution in [1.82, 2.24) is 18.9 Å². The van der Waals surface area contributed by atoms with Crippen molar-refractivity contribution >= 4 is 5.91 Å². The third-order valence-corrected chi connectivity index (χ3v) is 5.11. The van der Waals surface area contributed by atoms with Crippen molar-refractivity contribution in [3.8, 4) is 0 Å². The van der Waals surface area contributed by atoms with Crippen LogP contribution in [0.25, 0.3) is 0 Å². The SMILES string of the molecule is Cn1c(C(=O)N2CCOC[C@](O)(CN3CCCC3)C2)cc(=O)n(C)c1=O. The average Bonchev–Trinajstić information content (AvgIpc) is 3.03. The zero-order valence-electron chi connectivity index (χ0n) is 15.3. The number of carbonyl (C=O) groups is 1. The van der Waals surface area contributed by atoms with Crippen LogP contribution in [0.15, 0.2) is 15.7 Å². The third kappa shape index (κ3) is 3.74. The van der Waals surface area contributed by atoms with Gasteiger partial charge in [0, 0.05) is 33.3 Å². The third-order valence-electron chi connectivity index (χ3n) is 5.11. The molecule has 0 bridgehead atoms. The molecule has 0 saturated carbocycles. The fourth-order valence-electron chi connectivity index (χ4n) is 3.64. The van der Waals surface area contributed by atoms with Crippen LogP contribution in [-0.4, -0.2) is 81.5 Å². The Hall–Kier alpha value is -1.97. The van der Waals surface area contributed by atoms with E-state index in [0.717, 1.165) is 41.1 Å². The molecule has 3 heterocycles. The molecule has 0 spiro atoms. The second-order valence-electron chi connectivity index (χ2n) is 7.26. The first kappa shape index (κ1) is 18.8. The molecule has 2 aliphatic heterocycles. The van der Waals surface area contributed by atoms with Crippen molar-refractivity contribution in [1.29, 1.82) is 0 Å². The predicted octanol–water partition coefficient (Wildman–Crippen LogP) is -1.62. The van der Waals surface area contributed by atoms with Gasteiger partial charge in [0.1, 0.15) is 11.3 Å². The van der Waals surface area contributed by atoms with Gasteiger partial charge in [0.05, 0.1) is 19.8 Å². The molecule has 9 nitrogen and oxygen atoms in total. The van der Waals surface area contributed by atoms with Gasteiger partial charge in [-0.1, -0.05) is 0 Å². The molecule has 144 valence electrons. The minimum Gasteiger partial charge on any atom is -0.384 e. The van der Waals surface area contributed by atoms with E-state index in [1.165, 1.54) is 19.0 Å². The summed E-state index contributed by atoms with van der Waals surface area (Å²) < 4.78 is 7.64. The number of ether oxygens (including phenoxy) is 1. The number of nitrogens with zero attached hydrogens (tertiary/aromatic N) is 4. The Labute approximate surface area is 151 Å². The van der Waals surface area contributed by atoms with Crippen molar-refractivity contribution in [3.63, 3.8) is 0 Å². The maximum absolute atomic E-state index is 13.0. The van der Waals surface area contributed by atoms with Crippen LogP contribution in [0.1, 0.15) is 23.3 Å². The minimum absolute atomic E-state index is 0.0172. The number of hydrogen-bond acceptors (Lipinski definition) is 6.